The SMILES string of the molecule is CC1CC1C(=O)Nc1cccc(Cl)n1. The van der Waals surface area contributed by atoms with E-state index in [2.05, 4.69) is 17.2 Å². The zero-order valence-electron chi connectivity index (χ0n) is 7.83. The lowest BCUT2D eigenvalue weighted by Crippen LogP contribution is -2.15. The summed E-state index contributed by atoms with van der Waals surface area (Å²) < 4.78 is 0. The van der Waals surface area contributed by atoms with Crippen molar-refractivity contribution >= 4 is 23.3 Å². The molecule has 1 amide bonds. The number of hydrogen-bond acceptors (Lipinski definition) is 2. The second kappa shape index (κ2) is 3.58. The minimum Gasteiger partial charge on any atom is -0.310 e. The highest BCUT2D eigenvalue weighted by Crippen LogP contribution is 2.38. The van der Waals surface area contributed by atoms with Gasteiger partial charge in [0, 0.05) is 5.92 Å². The molecule has 0 saturated heterocycles. The van der Waals surface area contributed by atoms with Gasteiger partial charge in [-0.2, -0.15) is 0 Å². The largest absolute Gasteiger partial charge is 0.310 e. The average Bonchev–Trinajstić information content (AvgIpc) is 2.82. The van der Waals surface area contributed by atoms with Crippen LogP contribution in [0.2, 0.25) is 5.15 Å². The van der Waals surface area contributed by atoms with Gasteiger partial charge < -0.3 is 5.32 Å². The first kappa shape index (κ1) is 9.46. The maximum absolute atomic E-state index is 11.5. The number of amides is 1. The van der Waals surface area contributed by atoms with Crippen molar-refractivity contribution in [2.45, 2.75) is 13.3 Å². The summed E-state index contributed by atoms with van der Waals surface area (Å²) in [6.07, 6.45) is 0.979. The van der Waals surface area contributed by atoms with Crippen molar-refractivity contribution < 1.29 is 4.79 Å². The molecule has 1 fully saturated rings. The van der Waals surface area contributed by atoms with Gasteiger partial charge in [0.15, 0.2) is 0 Å². The summed E-state index contributed by atoms with van der Waals surface area (Å²) in [4.78, 5) is 15.5. The predicted molar refractivity (Wildman–Crippen MR) is 55.1 cm³/mol. The van der Waals surface area contributed by atoms with Crippen LogP contribution in [0.1, 0.15) is 13.3 Å². The van der Waals surface area contributed by atoms with Gasteiger partial charge in [0.1, 0.15) is 11.0 Å². The lowest BCUT2D eigenvalue weighted by Gasteiger charge is -2.02. The van der Waals surface area contributed by atoms with Gasteiger partial charge in [0.2, 0.25) is 5.91 Å². The summed E-state index contributed by atoms with van der Waals surface area (Å²) in [5, 5.41) is 3.14. The van der Waals surface area contributed by atoms with Gasteiger partial charge >= 0.3 is 0 Å². The van der Waals surface area contributed by atoms with Crippen LogP contribution < -0.4 is 5.32 Å². The van der Waals surface area contributed by atoms with Crippen LogP contribution in [0.5, 0.6) is 0 Å². The van der Waals surface area contributed by atoms with E-state index in [0.29, 0.717) is 16.9 Å². The first-order valence-corrected chi connectivity index (χ1v) is 4.98. The highest BCUT2D eigenvalue weighted by molar-refractivity contribution is 6.29. The fourth-order valence-corrected chi connectivity index (χ4v) is 1.55. The summed E-state index contributed by atoms with van der Waals surface area (Å²) >= 11 is 5.69. The fourth-order valence-electron chi connectivity index (χ4n) is 1.38. The number of aromatic nitrogens is 1. The zero-order valence-corrected chi connectivity index (χ0v) is 8.58. The van der Waals surface area contributed by atoms with Crippen LogP contribution in [0.4, 0.5) is 5.82 Å². The molecule has 0 aromatic carbocycles. The predicted octanol–water partition coefficient (Wildman–Crippen LogP) is 2.33. The smallest absolute Gasteiger partial charge is 0.228 e. The number of nitrogens with one attached hydrogen (secondary N) is 1. The van der Waals surface area contributed by atoms with Crippen molar-refractivity contribution in [2.24, 2.45) is 11.8 Å². The minimum absolute atomic E-state index is 0.0484. The van der Waals surface area contributed by atoms with Gasteiger partial charge in [0.25, 0.3) is 0 Å². The van der Waals surface area contributed by atoms with E-state index in [-0.39, 0.29) is 11.8 Å². The van der Waals surface area contributed by atoms with Crippen molar-refractivity contribution in [3.8, 4) is 0 Å². The Morgan fingerprint density at radius 2 is 2.36 bits per heavy atom. The number of carbonyl (C=O) groups excluding carboxylic acids is 1. The molecule has 3 nitrogen and oxygen atoms in total. The Kier molecular flexibility index (Phi) is 2.42. The molecule has 1 N–H and O–H groups in total. The number of carbonyl (C=O) groups is 1. The van der Waals surface area contributed by atoms with Crippen molar-refractivity contribution in [2.75, 3.05) is 5.32 Å². The first-order valence-electron chi connectivity index (χ1n) is 4.60. The second-order valence-corrected chi connectivity index (χ2v) is 4.04. The summed E-state index contributed by atoms with van der Waals surface area (Å²) in [5.74, 6) is 1.25. The number of anilines is 1. The molecule has 1 aliphatic carbocycles. The molecule has 0 spiro atoms. The molecule has 2 unspecified atom stereocenters. The van der Waals surface area contributed by atoms with Crippen molar-refractivity contribution in [1.82, 2.24) is 4.98 Å². The molecule has 14 heavy (non-hydrogen) atoms. The summed E-state index contributed by atoms with van der Waals surface area (Å²) in [6, 6.07) is 5.18. The first-order chi connectivity index (χ1) is 6.66. The Morgan fingerprint density at radius 1 is 1.64 bits per heavy atom. The Hall–Kier alpha value is -1.09. The number of halogens is 1. The van der Waals surface area contributed by atoms with Crippen LogP contribution in [0.3, 0.4) is 0 Å². The van der Waals surface area contributed by atoms with Crippen LogP contribution in [0.25, 0.3) is 0 Å². The van der Waals surface area contributed by atoms with Crippen LogP contribution in [0.15, 0.2) is 18.2 Å². The summed E-state index contributed by atoms with van der Waals surface area (Å²) in [7, 11) is 0. The van der Waals surface area contributed by atoms with E-state index in [1.807, 2.05) is 0 Å². The molecule has 2 rings (SSSR count). The third-order valence-corrected chi connectivity index (χ3v) is 2.62. The van der Waals surface area contributed by atoms with Crippen LogP contribution in [0, 0.1) is 11.8 Å². The monoisotopic (exact) mass is 210 g/mol. The van der Waals surface area contributed by atoms with Crippen LogP contribution >= 0.6 is 11.6 Å². The molecule has 4 heteroatoms. The van der Waals surface area contributed by atoms with Crippen molar-refractivity contribution in [3.63, 3.8) is 0 Å². The second-order valence-electron chi connectivity index (χ2n) is 3.65. The fraction of sp³-hybridized carbons (Fsp3) is 0.400. The van der Waals surface area contributed by atoms with Gasteiger partial charge in [0.05, 0.1) is 0 Å². The molecule has 1 heterocycles. The molecule has 0 bridgehead atoms. The molecule has 0 radical (unpaired) electrons. The number of pyridine rings is 1. The number of nitrogens with zero attached hydrogens (tertiary/aromatic N) is 1. The molecule has 2 atom stereocenters. The lowest BCUT2D eigenvalue weighted by molar-refractivity contribution is -0.117. The molecule has 1 aliphatic rings. The van der Waals surface area contributed by atoms with Crippen molar-refractivity contribution in [1.29, 1.82) is 0 Å². The van der Waals surface area contributed by atoms with E-state index in [1.54, 1.807) is 18.2 Å². The quantitative estimate of drug-likeness (QED) is 0.762. The maximum Gasteiger partial charge on any atom is 0.228 e. The Labute approximate surface area is 87.5 Å². The minimum atomic E-state index is 0.0484. The van der Waals surface area contributed by atoms with Gasteiger partial charge in [-0.25, -0.2) is 4.98 Å². The zero-order chi connectivity index (χ0) is 10.1. The van der Waals surface area contributed by atoms with E-state index in [0.717, 1.165) is 6.42 Å². The molecular formula is C10H11ClN2O. The molecule has 0 aliphatic heterocycles. The van der Waals surface area contributed by atoms with Gasteiger partial charge in [-0.1, -0.05) is 24.6 Å². The normalized spacial score (nSPS) is 24.4. The topological polar surface area (TPSA) is 42.0 Å². The van der Waals surface area contributed by atoms with Crippen LogP contribution in [-0.4, -0.2) is 10.9 Å². The highest BCUT2D eigenvalue weighted by atomic mass is 35.5. The standard InChI is InChI=1S/C10H11ClN2O/c1-6-5-7(6)10(14)13-9-4-2-3-8(11)12-9/h2-4,6-7H,5H2,1H3,(H,12,13,14). The van der Waals surface area contributed by atoms with Gasteiger partial charge in [-0.3, -0.25) is 4.79 Å². The number of rotatable bonds is 2. The summed E-state index contributed by atoms with van der Waals surface area (Å²) in [6.45, 7) is 2.07. The van der Waals surface area contributed by atoms with E-state index in [4.69, 9.17) is 11.6 Å². The average molecular weight is 211 g/mol. The summed E-state index contributed by atoms with van der Waals surface area (Å²) in [5.41, 5.74) is 0. The molecule has 1 aromatic heterocycles. The highest BCUT2D eigenvalue weighted by Gasteiger charge is 2.39. The molecule has 1 aromatic rings. The maximum atomic E-state index is 11.5. The van der Waals surface area contributed by atoms with E-state index >= 15 is 0 Å². The molecule has 1 saturated carbocycles. The van der Waals surface area contributed by atoms with E-state index in [9.17, 15) is 4.79 Å². The Bertz CT molecular complexity index is 367. The lowest BCUT2D eigenvalue weighted by atomic mass is 10.3. The van der Waals surface area contributed by atoms with E-state index < -0.39 is 0 Å². The van der Waals surface area contributed by atoms with Crippen LogP contribution in [-0.2, 0) is 4.79 Å². The van der Waals surface area contributed by atoms with Gasteiger partial charge in [-0.05, 0) is 24.5 Å². The van der Waals surface area contributed by atoms with E-state index in [1.165, 1.54) is 0 Å². The van der Waals surface area contributed by atoms with Gasteiger partial charge in [-0.15, -0.1) is 0 Å². The molecule has 74 valence electrons. The number of hydrogen-bond donors (Lipinski definition) is 1. The van der Waals surface area contributed by atoms with Crippen molar-refractivity contribution in [3.05, 3.63) is 23.4 Å². The molecular weight excluding hydrogens is 200 g/mol. The Morgan fingerprint density at radius 3 is 2.93 bits per heavy atom. The third-order valence-electron chi connectivity index (χ3n) is 2.41. The Balaban J connectivity index is 2.00. The third kappa shape index (κ3) is 2.04.